The van der Waals surface area contributed by atoms with E-state index >= 15 is 0 Å². The van der Waals surface area contributed by atoms with Crippen molar-refractivity contribution in [3.05, 3.63) is 45.5 Å². The molecule has 2 aromatic rings. The molecular weight excluding hydrogens is 432 g/mol. The van der Waals surface area contributed by atoms with Crippen LogP contribution in [0.3, 0.4) is 0 Å². The average Bonchev–Trinajstić information content (AvgIpc) is 3.40. The zero-order valence-corrected chi connectivity index (χ0v) is 17.6. The second-order valence-corrected chi connectivity index (χ2v) is 8.76. The van der Waals surface area contributed by atoms with Crippen LogP contribution < -0.4 is 11.1 Å². The van der Waals surface area contributed by atoms with Crippen molar-refractivity contribution in [1.82, 2.24) is 20.2 Å². The fourth-order valence-corrected chi connectivity index (χ4v) is 5.13. The van der Waals surface area contributed by atoms with Crippen molar-refractivity contribution in [2.45, 2.75) is 11.4 Å². The Morgan fingerprint density at radius 3 is 3.00 bits per heavy atom. The van der Waals surface area contributed by atoms with E-state index in [9.17, 15) is 9.59 Å². The maximum absolute atomic E-state index is 12.7. The summed E-state index contributed by atoms with van der Waals surface area (Å²) in [5, 5.41) is 10.2. The molecule has 2 aromatic heterocycles. The van der Waals surface area contributed by atoms with Gasteiger partial charge in [0.1, 0.15) is 24.2 Å². The molecule has 150 valence electrons. The van der Waals surface area contributed by atoms with Gasteiger partial charge in [-0.1, -0.05) is 11.2 Å². The topological polar surface area (TPSA) is 123 Å². The summed E-state index contributed by atoms with van der Waals surface area (Å²) in [7, 11) is 1.34. The van der Waals surface area contributed by atoms with Crippen molar-refractivity contribution < 1.29 is 14.4 Å². The Bertz CT molecular complexity index is 1010. The lowest BCUT2D eigenvalue weighted by Crippen LogP contribution is -2.69. The lowest BCUT2D eigenvalue weighted by Gasteiger charge is -2.47. The van der Waals surface area contributed by atoms with Crippen LogP contribution >= 0.6 is 34.4 Å². The number of nitrogen functional groups attached to an aromatic ring is 1. The Morgan fingerprint density at radius 1 is 1.45 bits per heavy atom. The van der Waals surface area contributed by atoms with E-state index in [0.29, 0.717) is 10.8 Å². The predicted octanol–water partition coefficient (Wildman–Crippen LogP) is 1.53. The zero-order chi connectivity index (χ0) is 20.4. The Hall–Kier alpha value is -2.70. The Balaban J connectivity index is 1.42. The van der Waals surface area contributed by atoms with Gasteiger partial charge in [-0.2, -0.15) is 0 Å². The van der Waals surface area contributed by atoms with Crippen LogP contribution in [0.5, 0.6) is 0 Å². The predicted molar refractivity (Wildman–Crippen MR) is 114 cm³/mol. The summed E-state index contributed by atoms with van der Waals surface area (Å²) < 4.78 is 0. The minimum Gasteiger partial charge on any atom is -0.398 e. The molecular formula is C17H16N6O3S3. The minimum atomic E-state index is -0.633. The van der Waals surface area contributed by atoms with Crippen molar-refractivity contribution in [2.75, 3.05) is 18.6 Å². The van der Waals surface area contributed by atoms with Gasteiger partial charge in [0.15, 0.2) is 10.8 Å². The molecule has 0 radical (unpaired) electrons. The molecule has 0 bridgehead atoms. The summed E-state index contributed by atoms with van der Waals surface area (Å²) in [5.74, 6) is 0.0157. The number of nitrogens with two attached hydrogens (primary N) is 1. The molecule has 3 N–H and O–H groups in total. The maximum atomic E-state index is 12.7. The molecule has 29 heavy (non-hydrogen) atoms. The van der Waals surface area contributed by atoms with Crippen LogP contribution in [-0.4, -0.2) is 56.7 Å². The van der Waals surface area contributed by atoms with Gasteiger partial charge in [0.25, 0.3) is 11.8 Å². The number of nitrogens with one attached hydrogen (secondary N) is 1. The molecule has 1 unspecified atom stereocenters. The quantitative estimate of drug-likeness (QED) is 0.390. The van der Waals surface area contributed by atoms with Crippen molar-refractivity contribution in [2.24, 2.45) is 5.16 Å². The Kier molecular flexibility index (Phi) is 5.65. The number of thiazole rings is 2. The highest BCUT2D eigenvalue weighted by atomic mass is 32.2. The van der Waals surface area contributed by atoms with Gasteiger partial charge in [0.05, 0.1) is 11.2 Å². The summed E-state index contributed by atoms with van der Waals surface area (Å²) in [6, 6.07) is -0.633. The number of carbonyl (C=O) groups is 2. The van der Waals surface area contributed by atoms with Crippen LogP contribution in [0, 0.1) is 0 Å². The van der Waals surface area contributed by atoms with Gasteiger partial charge < -0.3 is 20.8 Å². The van der Waals surface area contributed by atoms with Crippen LogP contribution in [0.2, 0.25) is 0 Å². The number of thioether (sulfide) groups is 1. The van der Waals surface area contributed by atoms with E-state index in [1.165, 1.54) is 29.8 Å². The monoisotopic (exact) mass is 448 g/mol. The molecule has 12 heteroatoms. The summed E-state index contributed by atoms with van der Waals surface area (Å²) in [6.07, 6.45) is 5.69. The van der Waals surface area contributed by atoms with Crippen molar-refractivity contribution in [3.63, 3.8) is 0 Å². The second-order valence-electron chi connectivity index (χ2n) is 6.04. The Labute approximate surface area is 178 Å². The fraction of sp³-hybridized carbons (Fsp3) is 0.235. The number of hydrogen-bond donors (Lipinski definition) is 2. The van der Waals surface area contributed by atoms with Gasteiger partial charge in [-0.15, -0.1) is 34.4 Å². The highest BCUT2D eigenvalue weighted by molar-refractivity contribution is 8.00. The summed E-state index contributed by atoms with van der Waals surface area (Å²) in [6.45, 7) is 0. The van der Waals surface area contributed by atoms with E-state index in [1.807, 2.05) is 23.7 Å². The minimum absolute atomic E-state index is 0.0186. The lowest BCUT2D eigenvalue weighted by molar-refractivity contribution is -0.143. The van der Waals surface area contributed by atoms with Gasteiger partial charge >= 0.3 is 0 Å². The third kappa shape index (κ3) is 4.04. The van der Waals surface area contributed by atoms with Crippen LogP contribution in [0.25, 0.3) is 6.08 Å². The first kappa shape index (κ1) is 19.6. The molecule has 1 saturated heterocycles. The molecule has 0 spiro atoms. The molecule has 4 rings (SSSR count). The van der Waals surface area contributed by atoms with Crippen molar-refractivity contribution >= 4 is 63.2 Å². The molecule has 1 fully saturated rings. The summed E-state index contributed by atoms with van der Waals surface area (Å²) in [4.78, 5) is 39.8. The molecule has 0 aliphatic carbocycles. The average molecular weight is 449 g/mol. The molecule has 9 nitrogen and oxygen atoms in total. The van der Waals surface area contributed by atoms with E-state index in [4.69, 9.17) is 10.6 Å². The number of hydrogen-bond acceptors (Lipinski definition) is 10. The molecule has 0 saturated carbocycles. The van der Waals surface area contributed by atoms with Gasteiger partial charge in [-0.05, 0) is 11.6 Å². The zero-order valence-electron chi connectivity index (χ0n) is 15.1. The van der Waals surface area contributed by atoms with E-state index in [0.717, 1.165) is 17.0 Å². The standard InChI is InChI=1S/C17H16N6O3S3/c1-26-22-12(11-7-29-17(18)20-11)14(24)21-13-15(25)23-4-9(5-28-16(13)23)2-3-10-6-27-8-19-10/h2-4,6-8,13,16H,5H2,1H3,(H2,18,20)(H,21,24)/b3-2+,22-12+/t13?,16-/m1/s1. The van der Waals surface area contributed by atoms with Gasteiger partial charge in [0, 0.05) is 22.7 Å². The van der Waals surface area contributed by atoms with E-state index in [2.05, 4.69) is 20.4 Å². The van der Waals surface area contributed by atoms with E-state index in [-0.39, 0.29) is 17.0 Å². The number of β-lactam (4-membered cyclic amide) rings is 1. The first-order valence-corrected chi connectivity index (χ1v) is 11.3. The van der Waals surface area contributed by atoms with Gasteiger partial charge in [-0.25, -0.2) is 9.97 Å². The molecule has 0 aromatic carbocycles. The lowest BCUT2D eigenvalue weighted by atomic mass is 10.1. The normalized spacial score (nSPS) is 21.6. The van der Waals surface area contributed by atoms with Gasteiger partial charge in [0.2, 0.25) is 0 Å². The highest BCUT2D eigenvalue weighted by Crippen LogP contribution is 2.36. The van der Waals surface area contributed by atoms with Crippen molar-refractivity contribution in [3.8, 4) is 0 Å². The number of fused-ring (bicyclic) bond motifs is 1. The van der Waals surface area contributed by atoms with Crippen LogP contribution in [0.15, 0.2) is 39.3 Å². The van der Waals surface area contributed by atoms with Crippen LogP contribution in [0.1, 0.15) is 11.4 Å². The number of oxime groups is 1. The van der Waals surface area contributed by atoms with E-state index in [1.54, 1.807) is 27.6 Å². The molecule has 2 aliphatic heterocycles. The summed E-state index contributed by atoms with van der Waals surface area (Å²) >= 11 is 4.30. The largest absolute Gasteiger partial charge is 0.398 e. The summed E-state index contributed by atoms with van der Waals surface area (Å²) in [5.41, 5.74) is 9.58. The number of nitrogens with zero attached hydrogens (tertiary/aromatic N) is 4. The van der Waals surface area contributed by atoms with Gasteiger partial charge in [-0.3, -0.25) is 9.59 Å². The highest BCUT2D eigenvalue weighted by Gasteiger charge is 2.49. The molecule has 2 atom stereocenters. The first-order valence-electron chi connectivity index (χ1n) is 8.41. The molecule has 2 amide bonds. The van der Waals surface area contributed by atoms with E-state index < -0.39 is 11.9 Å². The SMILES string of the molecule is CO/N=C(/C(=O)NC1C(=O)N2C=C(/C=C/c3cscn3)CS[C@H]12)c1csc(N)n1. The fourth-order valence-electron chi connectivity index (χ4n) is 2.82. The van der Waals surface area contributed by atoms with Crippen LogP contribution in [-0.2, 0) is 14.4 Å². The number of anilines is 1. The Morgan fingerprint density at radius 2 is 2.31 bits per heavy atom. The molecule has 2 aliphatic rings. The second kappa shape index (κ2) is 8.35. The van der Waals surface area contributed by atoms with Crippen LogP contribution in [0.4, 0.5) is 5.13 Å². The number of aromatic nitrogens is 2. The number of rotatable bonds is 6. The number of allylic oxidation sites excluding steroid dienone is 1. The third-order valence-electron chi connectivity index (χ3n) is 4.17. The molecule has 4 heterocycles. The van der Waals surface area contributed by atoms with Crippen molar-refractivity contribution in [1.29, 1.82) is 0 Å². The number of amides is 2. The first-order chi connectivity index (χ1) is 14.1. The third-order valence-corrected chi connectivity index (χ3v) is 6.79. The number of carbonyl (C=O) groups excluding carboxylic acids is 2. The smallest absolute Gasteiger partial charge is 0.276 e. The maximum Gasteiger partial charge on any atom is 0.276 e.